The fourth-order valence-corrected chi connectivity index (χ4v) is 3.49. The summed E-state index contributed by atoms with van der Waals surface area (Å²) in [4.78, 5) is 0. The molecule has 2 rings (SSSR count). The number of unbranched alkanes of at least 4 members (excludes halogenated alkanes) is 7. The summed E-state index contributed by atoms with van der Waals surface area (Å²) in [6.07, 6.45) is 10.5. The van der Waals surface area contributed by atoms with E-state index in [1.165, 1.54) is 55.7 Å². The lowest BCUT2D eigenvalue weighted by Gasteiger charge is -2.10. The number of benzene rings is 2. The maximum absolute atomic E-state index is 6.02. The topological polar surface area (TPSA) is 21.3 Å². The van der Waals surface area contributed by atoms with Crippen molar-refractivity contribution in [2.45, 2.75) is 51.4 Å². The van der Waals surface area contributed by atoms with Gasteiger partial charge in [0, 0.05) is 9.86 Å². The number of fused-ring (bicyclic) bond motifs is 1. The van der Waals surface area contributed by atoms with Crippen LogP contribution in [-0.4, -0.2) is 20.2 Å². The first-order chi connectivity index (χ1) is 11.8. The molecule has 0 fully saturated rings. The van der Waals surface area contributed by atoms with E-state index in [1.807, 2.05) is 7.05 Å². The number of rotatable bonds is 12. The zero-order valence-corrected chi connectivity index (χ0v) is 16.4. The highest BCUT2D eigenvalue weighted by Gasteiger charge is 2.04. The molecule has 0 aliphatic rings. The summed E-state index contributed by atoms with van der Waals surface area (Å²) in [5.74, 6) is 0.998. The first-order valence-electron chi connectivity index (χ1n) is 9.27. The molecule has 0 heterocycles. The second kappa shape index (κ2) is 11.5. The van der Waals surface area contributed by atoms with Crippen LogP contribution in [0.3, 0.4) is 0 Å². The summed E-state index contributed by atoms with van der Waals surface area (Å²) in [5.41, 5.74) is 0. The van der Waals surface area contributed by atoms with Gasteiger partial charge in [-0.15, -0.1) is 0 Å². The molecule has 0 saturated carbocycles. The second-order valence-corrected chi connectivity index (χ2v) is 7.23. The van der Waals surface area contributed by atoms with E-state index >= 15 is 0 Å². The molecule has 2 aromatic rings. The van der Waals surface area contributed by atoms with Gasteiger partial charge in [-0.3, -0.25) is 0 Å². The average Bonchev–Trinajstić information content (AvgIpc) is 2.61. The van der Waals surface area contributed by atoms with Crippen LogP contribution in [0.15, 0.2) is 40.9 Å². The summed E-state index contributed by atoms with van der Waals surface area (Å²) in [6.45, 7) is 1.97. The lowest BCUT2D eigenvalue weighted by Crippen LogP contribution is -2.06. The monoisotopic (exact) mass is 391 g/mol. The van der Waals surface area contributed by atoms with Gasteiger partial charge in [0.25, 0.3) is 0 Å². The van der Waals surface area contributed by atoms with Crippen LogP contribution in [0.5, 0.6) is 5.75 Å². The van der Waals surface area contributed by atoms with Gasteiger partial charge in [0.15, 0.2) is 0 Å². The molecule has 0 aromatic heterocycles. The third-order valence-electron chi connectivity index (χ3n) is 4.41. The van der Waals surface area contributed by atoms with Gasteiger partial charge >= 0.3 is 0 Å². The Balaban J connectivity index is 1.59. The van der Waals surface area contributed by atoms with E-state index < -0.39 is 0 Å². The molecule has 0 spiro atoms. The van der Waals surface area contributed by atoms with Gasteiger partial charge in [-0.05, 0) is 44.0 Å². The Morgan fingerprint density at radius 1 is 0.792 bits per heavy atom. The van der Waals surface area contributed by atoms with Crippen LogP contribution in [0.25, 0.3) is 10.8 Å². The van der Waals surface area contributed by atoms with Crippen LogP contribution in [0.2, 0.25) is 0 Å². The molecule has 132 valence electrons. The first kappa shape index (κ1) is 19.3. The lowest BCUT2D eigenvalue weighted by atomic mass is 10.1. The largest absolute Gasteiger partial charge is 0.493 e. The van der Waals surface area contributed by atoms with E-state index in [-0.39, 0.29) is 0 Å². The van der Waals surface area contributed by atoms with Gasteiger partial charge in [0.2, 0.25) is 0 Å². The zero-order chi connectivity index (χ0) is 17.0. The van der Waals surface area contributed by atoms with E-state index in [9.17, 15) is 0 Å². The van der Waals surface area contributed by atoms with Gasteiger partial charge < -0.3 is 10.1 Å². The van der Waals surface area contributed by atoms with Gasteiger partial charge in [-0.1, -0.05) is 78.7 Å². The highest BCUT2D eigenvalue weighted by atomic mass is 79.9. The number of hydrogen-bond acceptors (Lipinski definition) is 2. The van der Waals surface area contributed by atoms with Crippen LogP contribution in [0, 0.1) is 0 Å². The van der Waals surface area contributed by atoms with Gasteiger partial charge in [0.1, 0.15) is 5.75 Å². The predicted molar refractivity (Wildman–Crippen MR) is 108 cm³/mol. The fraction of sp³-hybridized carbons (Fsp3) is 0.524. The van der Waals surface area contributed by atoms with E-state index in [4.69, 9.17) is 4.74 Å². The zero-order valence-electron chi connectivity index (χ0n) is 14.8. The molecular weight excluding hydrogens is 362 g/mol. The molecule has 0 radical (unpaired) electrons. The van der Waals surface area contributed by atoms with Crippen LogP contribution < -0.4 is 10.1 Å². The lowest BCUT2D eigenvalue weighted by molar-refractivity contribution is 0.307. The van der Waals surface area contributed by atoms with Crippen LogP contribution in [0.4, 0.5) is 0 Å². The summed E-state index contributed by atoms with van der Waals surface area (Å²) in [7, 11) is 2.03. The number of halogens is 1. The first-order valence-corrected chi connectivity index (χ1v) is 10.1. The van der Waals surface area contributed by atoms with Crippen molar-refractivity contribution in [3.63, 3.8) is 0 Å². The molecule has 0 amide bonds. The average molecular weight is 392 g/mol. The summed E-state index contributed by atoms with van der Waals surface area (Å²) in [5, 5.41) is 5.61. The summed E-state index contributed by atoms with van der Waals surface area (Å²) >= 11 is 3.61. The van der Waals surface area contributed by atoms with Crippen LogP contribution >= 0.6 is 15.9 Å². The Morgan fingerprint density at radius 2 is 1.42 bits per heavy atom. The highest BCUT2D eigenvalue weighted by molar-refractivity contribution is 9.10. The molecule has 0 atom stereocenters. The SMILES string of the molecule is CNCCCCCCCCCCOc1ccc(Br)c2ccccc12. The Labute approximate surface area is 155 Å². The normalized spacial score (nSPS) is 11.1. The van der Waals surface area contributed by atoms with Crippen LogP contribution in [0.1, 0.15) is 51.4 Å². The molecule has 0 aliphatic carbocycles. The molecule has 1 N–H and O–H groups in total. The molecular formula is C21H30BrNO. The third kappa shape index (κ3) is 6.45. The van der Waals surface area contributed by atoms with Crippen molar-refractivity contribution in [2.75, 3.05) is 20.2 Å². The van der Waals surface area contributed by atoms with Crippen molar-refractivity contribution in [1.29, 1.82) is 0 Å². The van der Waals surface area contributed by atoms with Gasteiger partial charge in [0.05, 0.1) is 6.61 Å². The summed E-state index contributed by atoms with van der Waals surface area (Å²) in [6, 6.07) is 12.5. The standard InChI is InChI=1S/C21H30BrNO/c1-23-16-10-6-4-2-3-5-7-11-17-24-21-15-14-20(22)18-12-8-9-13-19(18)21/h8-9,12-15,23H,2-7,10-11,16-17H2,1H3. The molecule has 0 aliphatic heterocycles. The number of nitrogens with one attached hydrogen (secondary N) is 1. The maximum Gasteiger partial charge on any atom is 0.127 e. The molecule has 3 heteroatoms. The number of ether oxygens (including phenoxy) is 1. The maximum atomic E-state index is 6.02. The fourth-order valence-electron chi connectivity index (χ4n) is 3.01. The van der Waals surface area contributed by atoms with Crippen molar-refractivity contribution in [2.24, 2.45) is 0 Å². The van der Waals surface area contributed by atoms with Gasteiger partial charge in [-0.25, -0.2) is 0 Å². The molecule has 0 unspecified atom stereocenters. The quantitative estimate of drug-likeness (QED) is 0.427. The van der Waals surface area contributed by atoms with E-state index in [0.29, 0.717) is 0 Å². The summed E-state index contributed by atoms with van der Waals surface area (Å²) < 4.78 is 7.14. The minimum Gasteiger partial charge on any atom is -0.493 e. The Morgan fingerprint density at radius 3 is 2.12 bits per heavy atom. The Hall–Kier alpha value is -1.06. The van der Waals surface area contributed by atoms with Crippen molar-refractivity contribution < 1.29 is 4.74 Å². The smallest absolute Gasteiger partial charge is 0.127 e. The number of hydrogen-bond donors (Lipinski definition) is 1. The second-order valence-electron chi connectivity index (χ2n) is 6.37. The van der Waals surface area contributed by atoms with Crippen molar-refractivity contribution in [3.8, 4) is 5.75 Å². The van der Waals surface area contributed by atoms with E-state index in [2.05, 4.69) is 57.6 Å². The van der Waals surface area contributed by atoms with Gasteiger partial charge in [-0.2, -0.15) is 0 Å². The van der Waals surface area contributed by atoms with E-state index in [1.54, 1.807) is 0 Å². The predicted octanol–water partition coefficient (Wildman–Crippen LogP) is 6.32. The minimum atomic E-state index is 0.813. The third-order valence-corrected chi connectivity index (χ3v) is 5.10. The minimum absolute atomic E-state index is 0.813. The molecule has 24 heavy (non-hydrogen) atoms. The molecule has 2 aromatic carbocycles. The Bertz CT molecular complexity index is 599. The van der Waals surface area contributed by atoms with E-state index in [0.717, 1.165) is 29.8 Å². The molecule has 0 saturated heterocycles. The molecule has 0 bridgehead atoms. The van der Waals surface area contributed by atoms with Crippen molar-refractivity contribution >= 4 is 26.7 Å². The van der Waals surface area contributed by atoms with Crippen molar-refractivity contribution in [1.82, 2.24) is 5.32 Å². The highest BCUT2D eigenvalue weighted by Crippen LogP contribution is 2.31. The molecule has 2 nitrogen and oxygen atoms in total. The van der Waals surface area contributed by atoms with Crippen molar-refractivity contribution in [3.05, 3.63) is 40.9 Å². The Kier molecular flexibility index (Phi) is 9.22. The van der Waals surface area contributed by atoms with Crippen LogP contribution in [-0.2, 0) is 0 Å².